The van der Waals surface area contributed by atoms with Crippen LogP contribution in [-0.2, 0) is 27.4 Å². The summed E-state index contributed by atoms with van der Waals surface area (Å²) in [7, 11) is 0. The quantitative estimate of drug-likeness (QED) is 0.556. The van der Waals surface area contributed by atoms with E-state index in [0.29, 0.717) is 22.9 Å². The number of hydrogen-bond acceptors (Lipinski definition) is 5. The lowest BCUT2D eigenvalue weighted by atomic mass is 10.1. The highest BCUT2D eigenvalue weighted by Crippen LogP contribution is 2.32. The zero-order valence-electron chi connectivity index (χ0n) is 13.5. The van der Waals surface area contributed by atoms with Gasteiger partial charge in [0.1, 0.15) is 18.8 Å². The van der Waals surface area contributed by atoms with Crippen LogP contribution >= 0.6 is 11.6 Å². The standard InChI is InChI=1S/C19H17ClO5/c20-15-3-1-2-14(8-15)11-23-19(22)10-16(21)6-4-13-5-7-17-18(9-13)25-12-24-17/h1-3,5,7-9H,4,6,10-12H2. The lowest BCUT2D eigenvalue weighted by Gasteiger charge is -2.06. The first-order chi connectivity index (χ1) is 12.1. The Morgan fingerprint density at radius 1 is 1.04 bits per heavy atom. The molecule has 5 nitrogen and oxygen atoms in total. The molecule has 0 saturated heterocycles. The Morgan fingerprint density at radius 3 is 2.72 bits per heavy atom. The number of fused-ring (bicyclic) bond motifs is 1. The minimum Gasteiger partial charge on any atom is -0.460 e. The van der Waals surface area contributed by atoms with E-state index < -0.39 is 5.97 Å². The maximum atomic E-state index is 11.9. The Balaban J connectivity index is 1.42. The van der Waals surface area contributed by atoms with Crippen LogP contribution < -0.4 is 9.47 Å². The van der Waals surface area contributed by atoms with Crippen molar-refractivity contribution >= 4 is 23.4 Å². The highest BCUT2D eigenvalue weighted by Gasteiger charge is 2.15. The van der Waals surface area contributed by atoms with Gasteiger partial charge < -0.3 is 14.2 Å². The van der Waals surface area contributed by atoms with Crippen molar-refractivity contribution in [2.75, 3.05) is 6.79 Å². The number of carbonyl (C=O) groups is 2. The molecule has 0 radical (unpaired) electrons. The molecule has 0 N–H and O–H groups in total. The molecule has 0 aliphatic carbocycles. The number of halogens is 1. The van der Waals surface area contributed by atoms with Crippen LogP contribution in [0.5, 0.6) is 11.5 Å². The monoisotopic (exact) mass is 360 g/mol. The molecule has 0 saturated carbocycles. The van der Waals surface area contributed by atoms with Crippen LogP contribution in [0.15, 0.2) is 42.5 Å². The summed E-state index contributed by atoms with van der Waals surface area (Å²) in [5, 5.41) is 0.577. The average Bonchev–Trinajstić information content (AvgIpc) is 3.06. The minimum atomic E-state index is -0.532. The van der Waals surface area contributed by atoms with Gasteiger partial charge in [-0.1, -0.05) is 29.8 Å². The average molecular weight is 361 g/mol. The smallest absolute Gasteiger partial charge is 0.313 e. The summed E-state index contributed by atoms with van der Waals surface area (Å²) in [6, 6.07) is 12.6. The molecule has 6 heteroatoms. The van der Waals surface area contributed by atoms with Crippen molar-refractivity contribution in [2.45, 2.75) is 25.9 Å². The fraction of sp³-hybridized carbons (Fsp3) is 0.263. The Bertz CT molecular complexity index is 787. The van der Waals surface area contributed by atoms with Crippen molar-refractivity contribution in [3.8, 4) is 11.5 Å². The van der Waals surface area contributed by atoms with E-state index in [1.54, 1.807) is 24.3 Å². The number of aryl methyl sites for hydroxylation is 1. The molecular formula is C19H17ClO5. The number of benzene rings is 2. The molecular weight excluding hydrogens is 344 g/mol. The fourth-order valence-electron chi connectivity index (χ4n) is 2.47. The first-order valence-electron chi connectivity index (χ1n) is 7.90. The van der Waals surface area contributed by atoms with Gasteiger partial charge in [-0.2, -0.15) is 0 Å². The summed E-state index contributed by atoms with van der Waals surface area (Å²) in [5.74, 6) is 0.704. The third kappa shape index (κ3) is 4.97. The highest BCUT2D eigenvalue weighted by molar-refractivity contribution is 6.30. The van der Waals surface area contributed by atoms with Crippen LogP contribution in [0.4, 0.5) is 0 Å². The molecule has 0 fully saturated rings. The van der Waals surface area contributed by atoms with Gasteiger partial charge in [-0.05, 0) is 41.8 Å². The fourth-order valence-corrected chi connectivity index (χ4v) is 2.68. The lowest BCUT2D eigenvalue weighted by Crippen LogP contribution is -2.12. The van der Waals surface area contributed by atoms with E-state index in [1.165, 1.54) is 0 Å². The SMILES string of the molecule is O=C(CCc1ccc2c(c1)OCO2)CC(=O)OCc1cccc(Cl)c1. The van der Waals surface area contributed by atoms with Crippen molar-refractivity contribution in [3.63, 3.8) is 0 Å². The molecule has 0 bridgehead atoms. The van der Waals surface area contributed by atoms with Crippen molar-refractivity contribution in [3.05, 3.63) is 58.6 Å². The number of Topliss-reactive ketones (excluding diaryl/α,β-unsaturated/α-hetero) is 1. The second-order valence-electron chi connectivity index (χ2n) is 5.69. The van der Waals surface area contributed by atoms with Gasteiger partial charge in [-0.25, -0.2) is 0 Å². The van der Waals surface area contributed by atoms with Gasteiger partial charge in [-0.3, -0.25) is 9.59 Å². The Morgan fingerprint density at radius 2 is 1.88 bits per heavy atom. The van der Waals surface area contributed by atoms with Gasteiger partial charge >= 0.3 is 5.97 Å². The molecule has 0 spiro atoms. The molecule has 130 valence electrons. The van der Waals surface area contributed by atoms with Crippen LogP contribution in [0.25, 0.3) is 0 Å². The number of carbonyl (C=O) groups excluding carboxylic acids is 2. The summed E-state index contributed by atoms with van der Waals surface area (Å²) >= 11 is 5.87. The van der Waals surface area contributed by atoms with Crippen molar-refractivity contribution in [2.24, 2.45) is 0 Å². The molecule has 1 heterocycles. The van der Waals surface area contributed by atoms with E-state index >= 15 is 0 Å². The molecule has 2 aromatic carbocycles. The zero-order chi connectivity index (χ0) is 17.6. The first-order valence-corrected chi connectivity index (χ1v) is 8.28. The maximum absolute atomic E-state index is 11.9. The van der Waals surface area contributed by atoms with Crippen LogP contribution in [-0.4, -0.2) is 18.5 Å². The normalized spacial score (nSPS) is 12.0. The molecule has 1 aliphatic rings. The van der Waals surface area contributed by atoms with E-state index in [1.807, 2.05) is 18.2 Å². The molecule has 0 unspecified atom stereocenters. The van der Waals surface area contributed by atoms with Gasteiger partial charge in [0.2, 0.25) is 6.79 Å². The van der Waals surface area contributed by atoms with Crippen LogP contribution in [0.1, 0.15) is 24.0 Å². The highest BCUT2D eigenvalue weighted by atomic mass is 35.5. The van der Waals surface area contributed by atoms with Crippen molar-refractivity contribution in [1.29, 1.82) is 0 Å². The van der Waals surface area contributed by atoms with E-state index in [4.69, 9.17) is 25.8 Å². The molecule has 0 aromatic heterocycles. The predicted molar refractivity (Wildman–Crippen MR) is 91.8 cm³/mol. The Labute approximate surface area is 150 Å². The van der Waals surface area contributed by atoms with Crippen LogP contribution in [0.2, 0.25) is 5.02 Å². The summed E-state index contributed by atoms with van der Waals surface area (Å²) in [4.78, 5) is 23.7. The van der Waals surface area contributed by atoms with Gasteiger partial charge in [0.15, 0.2) is 11.5 Å². The molecule has 0 amide bonds. The number of esters is 1. The first kappa shape index (κ1) is 17.3. The van der Waals surface area contributed by atoms with Crippen molar-refractivity contribution in [1.82, 2.24) is 0 Å². The molecule has 2 aromatic rings. The third-order valence-electron chi connectivity index (χ3n) is 3.76. The van der Waals surface area contributed by atoms with E-state index in [2.05, 4.69) is 0 Å². The number of hydrogen-bond donors (Lipinski definition) is 0. The number of ketones is 1. The van der Waals surface area contributed by atoms with Crippen LogP contribution in [0.3, 0.4) is 0 Å². The number of ether oxygens (including phenoxy) is 3. The lowest BCUT2D eigenvalue weighted by molar-refractivity contribution is -0.147. The third-order valence-corrected chi connectivity index (χ3v) is 3.99. The largest absolute Gasteiger partial charge is 0.460 e. The van der Waals surface area contributed by atoms with E-state index in [9.17, 15) is 9.59 Å². The zero-order valence-corrected chi connectivity index (χ0v) is 14.3. The maximum Gasteiger partial charge on any atom is 0.313 e. The van der Waals surface area contributed by atoms with Gasteiger partial charge in [0, 0.05) is 11.4 Å². The molecule has 1 aliphatic heterocycles. The predicted octanol–water partition coefficient (Wildman–Crippen LogP) is 3.70. The number of rotatable bonds is 7. The summed E-state index contributed by atoms with van der Waals surface area (Å²) in [5.41, 5.74) is 1.75. The molecule has 3 rings (SSSR count). The van der Waals surface area contributed by atoms with Gasteiger partial charge in [0.25, 0.3) is 0 Å². The van der Waals surface area contributed by atoms with E-state index in [-0.39, 0.29) is 32.0 Å². The second-order valence-corrected chi connectivity index (χ2v) is 6.13. The van der Waals surface area contributed by atoms with Gasteiger partial charge in [0.05, 0.1) is 0 Å². The topological polar surface area (TPSA) is 61.8 Å². The second kappa shape index (κ2) is 8.03. The molecule has 25 heavy (non-hydrogen) atoms. The molecule has 0 atom stereocenters. The summed E-state index contributed by atoms with van der Waals surface area (Å²) < 4.78 is 15.7. The minimum absolute atomic E-state index is 0.106. The Hall–Kier alpha value is -2.53. The Kier molecular flexibility index (Phi) is 5.56. The summed E-state index contributed by atoms with van der Waals surface area (Å²) in [6.07, 6.45) is 0.577. The van der Waals surface area contributed by atoms with Crippen molar-refractivity contribution < 1.29 is 23.8 Å². The van der Waals surface area contributed by atoms with E-state index in [0.717, 1.165) is 11.1 Å². The van der Waals surface area contributed by atoms with Crippen LogP contribution in [0, 0.1) is 0 Å². The summed E-state index contributed by atoms with van der Waals surface area (Å²) in [6.45, 7) is 0.324. The van der Waals surface area contributed by atoms with Gasteiger partial charge in [-0.15, -0.1) is 0 Å².